The number of rotatable bonds is 4. The van der Waals surface area contributed by atoms with E-state index in [4.69, 9.17) is 5.73 Å². The van der Waals surface area contributed by atoms with E-state index in [1.54, 1.807) is 0 Å². The van der Waals surface area contributed by atoms with Gasteiger partial charge in [0.15, 0.2) is 0 Å². The molecule has 1 aromatic rings. The number of anilines is 2. The first-order chi connectivity index (χ1) is 10.0. The topological polar surface area (TPSA) is 92.9 Å². The number of hydrogen-bond acceptors (Lipinski definition) is 4. The molecular formula is C15H26N4O2. The first-order valence-electron chi connectivity index (χ1n) is 7.93. The summed E-state index contributed by atoms with van der Waals surface area (Å²) < 4.78 is 1.44. The molecule has 2 rings (SSSR count). The normalized spacial score (nSPS) is 22.8. The number of nitrogens with two attached hydrogens (primary N) is 1. The Kier molecular flexibility index (Phi) is 5.09. The third-order valence-electron chi connectivity index (χ3n) is 4.38. The third-order valence-corrected chi connectivity index (χ3v) is 4.38. The van der Waals surface area contributed by atoms with Crippen LogP contribution in [0.2, 0.25) is 0 Å². The zero-order chi connectivity index (χ0) is 15.4. The van der Waals surface area contributed by atoms with Crippen molar-refractivity contribution < 1.29 is 0 Å². The van der Waals surface area contributed by atoms with Crippen LogP contribution in [0.4, 0.5) is 11.5 Å². The molecule has 0 aliphatic heterocycles. The number of aromatic nitrogens is 2. The molecule has 118 valence electrons. The van der Waals surface area contributed by atoms with Crippen LogP contribution in [0, 0.1) is 5.92 Å². The van der Waals surface area contributed by atoms with Crippen LogP contribution < -0.4 is 22.3 Å². The summed E-state index contributed by atoms with van der Waals surface area (Å²) in [5.41, 5.74) is 5.55. The van der Waals surface area contributed by atoms with Crippen LogP contribution in [0.1, 0.15) is 52.4 Å². The van der Waals surface area contributed by atoms with Gasteiger partial charge >= 0.3 is 5.69 Å². The molecule has 1 aliphatic carbocycles. The van der Waals surface area contributed by atoms with E-state index in [1.807, 2.05) is 6.92 Å². The first kappa shape index (κ1) is 15.7. The average molecular weight is 294 g/mol. The van der Waals surface area contributed by atoms with Crippen LogP contribution in [0.3, 0.4) is 0 Å². The largest absolute Gasteiger partial charge is 0.383 e. The van der Waals surface area contributed by atoms with Gasteiger partial charge in [0.2, 0.25) is 0 Å². The van der Waals surface area contributed by atoms with Gasteiger partial charge in [-0.15, -0.1) is 0 Å². The minimum atomic E-state index is -0.432. The molecule has 1 aromatic heterocycles. The van der Waals surface area contributed by atoms with Crippen molar-refractivity contribution in [1.82, 2.24) is 9.55 Å². The summed E-state index contributed by atoms with van der Waals surface area (Å²) in [5, 5.41) is 3.30. The highest BCUT2D eigenvalue weighted by molar-refractivity contribution is 5.61. The van der Waals surface area contributed by atoms with Crippen molar-refractivity contribution in [2.45, 2.75) is 65.0 Å². The maximum atomic E-state index is 12.1. The molecule has 0 spiro atoms. The summed E-state index contributed by atoms with van der Waals surface area (Å²) in [7, 11) is 0. The number of nitrogens with one attached hydrogen (secondary N) is 2. The fourth-order valence-corrected chi connectivity index (χ4v) is 3.07. The Morgan fingerprint density at radius 1 is 1.29 bits per heavy atom. The van der Waals surface area contributed by atoms with Crippen molar-refractivity contribution in [1.29, 1.82) is 0 Å². The highest BCUT2D eigenvalue weighted by atomic mass is 16.2. The molecule has 1 heterocycles. The van der Waals surface area contributed by atoms with Gasteiger partial charge in [-0.1, -0.05) is 33.1 Å². The zero-order valence-corrected chi connectivity index (χ0v) is 12.9. The Balaban J connectivity index is 2.32. The summed E-state index contributed by atoms with van der Waals surface area (Å²) >= 11 is 0. The van der Waals surface area contributed by atoms with E-state index in [1.165, 1.54) is 17.4 Å². The van der Waals surface area contributed by atoms with Gasteiger partial charge in [0.05, 0.1) is 0 Å². The number of nitrogens with zero attached hydrogens (tertiary/aromatic N) is 1. The van der Waals surface area contributed by atoms with E-state index in [2.05, 4.69) is 17.2 Å². The molecule has 0 amide bonds. The second kappa shape index (κ2) is 6.83. The van der Waals surface area contributed by atoms with Crippen molar-refractivity contribution in [2.24, 2.45) is 5.92 Å². The second-order valence-corrected chi connectivity index (χ2v) is 6.04. The summed E-state index contributed by atoms with van der Waals surface area (Å²) in [6.07, 6.45) is 6.62. The first-order valence-corrected chi connectivity index (χ1v) is 7.93. The molecule has 4 N–H and O–H groups in total. The van der Waals surface area contributed by atoms with Crippen molar-refractivity contribution in [2.75, 3.05) is 11.1 Å². The van der Waals surface area contributed by atoms with Gasteiger partial charge in [-0.3, -0.25) is 14.3 Å². The predicted octanol–water partition coefficient (Wildman–Crippen LogP) is 1.91. The monoisotopic (exact) mass is 294 g/mol. The van der Waals surface area contributed by atoms with Crippen LogP contribution in [0.5, 0.6) is 0 Å². The van der Waals surface area contributed by atoms with Crippen LogP contribution in [-0.4, -0.2) is 15.6 Å². The molecule has 0 radical (unpaired) electrons. The molecule has 0 saturated heterocycles. The fourth-order valence-electron chi connectivity index (χ4n) is 3.07. The maximum Gasteiger partial charge on any atom is 0.330 e. The summed E-state index contributed by atoms with van der Waals surface area (Å²) in [6.45, 7) is 4.68. The van der Waals surface area contributed by atoms with Crippen LogP contribution in [0.25, 0.3) is 0 Å². The molecule has 21 heavy (non-hydrogen) atoms. The molecule has 1 fully saturated rings. The van der Waals surface area contributed by atoms with Gasteiger partial charge < -0.3 is 11.1 Å². The summed E-state index contributed by atoms with van der Waals surface area (Å²) in [6, 6.07) is 0.239. The third kappa shape index (κ3) is 3.49. The van der Waals surface area contributed by atoms with Gasteiger partial charge in [-0.2, -0.15) is 0 Å². The standard InChI is InChI=1S/C15H26N4O2/c1-3-9-19-13(16)12(14(20)18-15(19)21)17-11-8-6-4-5-7-10(11)2/h10-11,17H,3-9,16H2,1-2H3,(H,18,20,21). The van der Waals surface area contributed by atoms with E-state index in [9.17, 15) is 9.59 Å². The average Bonchev–Trinajstić information content (AvgIpc) is 2.64. The number of hydrogen-bond donors (Lipinski definition) is 3. The van der Waals surface area contributed by atoms with E-state index in [0.717, 1.165) is 25.7 Å². The number of nitrogen functional groups attached to an aromatic ring is 1. The summed E-state index contributed by atoms with van der Waals surface area (Å²) in [5.74, 6) is 0.750. The SMILES string of the molecule is CCCn1c(N)c(NC2CCCCCC2C)c(=O)[nH]c1=O. The molecule has 6 heteroatoms. The lowest BCUT2D eigenvalue weighted by Crippen LogP contribution is -2.37. The highest BCUT2D eigenvalue weighted by Gasteiger charge is 2.22. The van der Waals surface area contributed by atoms with Crippen molar-refractivity contribution in [3.8, 4) is 0 Å². The van der Waals surface area contributed by atoms with E-state index in [-0.39, 0.29) is 11.9 Å². The van der Waals surface area contributed by atoms with Gasteiger partial charge in [0, 0.05) is 12.6 Å². The number of H-pyrrole nitrogens is 1. The number of aromatic amines is 1. The Bertz CT molecular complexity index is 590. The van der Waals surface area contributed by atoms with Gasteiger partial charge in [-0.25, -0.2) is 4.79 Å². The minimum Gasteiger partial charge on any atom is -0.383 e. The predicted molar refractivity (Wildman–Crippen MR) is 85.7 cm³/mol. The second-order valence-electron chi connectivity index (χ2n) is 6.04. The van der Waals surface area contributed by atoms with E-state index in [0.29, 0.717) is 18.2 Å². The van der Waals surface area contributed by atoms with E-state index < -0.39 is 11.2 Å². The van der Waals surface area contributed by atoms with Crippen molar-refractivity contribution >= 4 is 11.5 Å². The smallest absolute Gasteiger partial charge is 0.330 e. The lowest BCUT2D eigenvalue weighted by Gasteiger charge is -2.24. The molecule has 1 aliphatic rings. The Morgan fingerprint density at radius 2 is 2.00 bits per heavy atom. The fraction of sp³-hybridized carbons (Fsp3) is 0.733. The minimum absolute atomic E-state index is 0.239. The van der Waals surface area contributed by atoms with Crippen molar-refractivity contribution in [3.63, 3.8) is 0 Å². The van der Waals surface area contributed by atoms with Crippen LogP contribution in [0.15, 0.2) is 9.59 Å². The van der Waals surface area contributed by atoms with Crippen LogP contribution >= 0.6 is 0 Å². The van der Waals surface area contributed by atoms with Gasteiger partial charge in [0.25, 0.3) is 5.56 Å². The molecule has 0 aromatic carbocycles. The quantitative estimate of drug-likeness (QED) is 0.739. The van der Waals surface area contributed by atoms with E-state index >= 15 is 0 Å². The summed E-state index contributed by atoms with van der Waals surface area (Å²) in [4.78, 5) is 26.2. The molecule has 2 atom stereocenters. The highest BCUT2D eigenvalue weighted by Crippen LogP contribution is 2.26. The molecule has 6 nitrogen and oxygen atoms in total. The lowest BCUT2D eigenvalue weighted by molar-refractivity contribution is 0.456. The van der Waals surface area contributed by atoms with Crippen LogP contribution in [-0.2, 0) is 6.54 Å². The lowest BCUT2D eigenvalue weighted by atomic mass is 9.97. The zero-order valence-electron chi connectivity index (χ0n) is 12.9. The Hall–Kier alpha value is -1.72. The molecule has 1 saturated carbocycles. The molecule has 2 unspecified atom stereocenters. The van der Waals surface area contributed by atoms with Crippen molar-refractivity contribution in [3.05, 3.63) is 20.8 Å². The van der Waals surface area contributed by atoms with Gasteiger partial charge in [0.1, 0.15) is 11.5 Å². The molecule has 0 bridgehead atoms. The molecular weight excluding hydrogens is 268 g/mol. The van der Waals surface area contributed by atoms with Gasteiger partial charge in [-0.05, 0) is 25.2 Å². The maximum absolute atomic E-state index is 12.1. The Labute approximate surface area is 124 Å². The Morgan fingerprint density at radius 3 is 2.71 bits per heavy atom.